The minimum absolute atomic E-state index is 0.961. The summed E-state index contributed by atoms with van der Waals surface area (Å²) in [7, 11) is 0. The quantitative estimate of drug-likeness (QED) is 0.614. The Morgan fingerprint density at radius 1 is 0.714 bits per heavy atom. The highest BCUT2D eigenvalue weighted by atomic mass is 14.2. The van der Waals surface area contributed by atoms with E-state index in [-0.39, 0.29) is 0 Å². The predicted molar refractivity (Wildman–Crippen MR) is 91.7 cm³/mol. The molecule has 0 nitrogen and oxygen atoms in total. The van der Waals surface area contributed by atoms with Crippen LogP contribution < -0.4 is 0 Å². The van der Waals surface area contributed by atoms with Crippen LogP contribution in [0, 0.1) is 18.8 Å². The van der Waals surface area contributed by atoms with Crippen LogP contribution in [0.2, 0.25) is 0 Å². The fourth-order valence-corrected chi connectivity index (χ4v) is 4.58. The first-order valence-electron chi connectivity index (χ1n) is 9.40. The average Bonchev–Trinajstić information content (AvgIpc) is 2.53. The van der Waals surface area contributed by atoms with Crippen molar-refractivity contribution in [3.63, 3.8) is 0 Å². The van der Waals surface area contributed by atoms with Gasteiger partial charge >= 0.3 is 0 Å². The van der Waals surface area contributed by atoms with Crippen LogP contribution in [0.25, 0.3) is 0 Å². The molecule has 0 radical (unpaired) electrons. The predicted octanol–water partition coefficient (Wildman–Crippen LogP) is 6.24. The molecule has 2 fully saturated rings. The highest BCUT2D eigenvalue weighted by molar-refractivity contribution is 5.35. The molecule has 0 amide bonds. The molecule has 0 aliphatic heterocycles. The van der Waals surface area contributed by atoms with Gasteiger partial charge in [0.25, 0.3) is 0 Å². The van der Waals surface area contributed by atoms with E-state index in [1.54, 1.807) is 16.7 Å². The van der Waals surface area contributed by atoms with Crippen LogP contribution in [0.5, 0.6) is 0 Å². The molecule has 2 aliphatic carbocycles. The minimum atomic E-state index is 0.961. The molecule has 0 saturated heterocycles. The van der Waals surface area contributed by atoms with E-state index in [1.807, 2.05) is 0 Å². The highest BCUT2D eigenvalue weighted by Crippen LogP contribution is 2.31. The van der Waals surface area contributed by atoms with E-state index in [0.717, 1.165) is 11.8 Å². The maximum Gasteiger partial charge on any atom is -0.0248 e. The van der Waals surface area contributed by atoms with Crippen molar-refractivity contribution in [2.24, 2.45) is 11.8 Å². The molecule has 2 aliphatic rings. The van der Waals surface area contributed by atoms with Gasteiger partial charge in [-0.1, -0.05) is 82.4 Å². The van der Waals surface area contributed by atoms with Crippen LogP contribution in [-0.2, 0) is 12.8 Å². The maximum absolute atomic E-state index is 2.40. The summed E-state index contributed by atoms with van der Waals surface area (Å²) in [4.78, 5) is 0. The molecule has 1 aromatic rings. The molecule has 3 rings (SSSR count). The van der Waals surface area contributed by atoms with Crippen molar-refractivity contribution in [3.05, 3.63) is 34.9 Å². The van der Waals surface area contributed by atoms with Gasteiger partial charge in [-0.25, -0.2) is 0 Å². The van der Waals surface area contributed by atoms with E-state index in [1.165, 1.54) is 77.0 Å². The zero-order valence-electron chi connectivity index (χ0n) is 13.9. The molecule has 0 bridgehead atoms. The standard InChI is InChI=1S/C21H32/c1-17-20(15-18-9-4-2-5-10-18)13-8-14-21(17)16-19-11-6-3-7-12-19/h8,13-14,18-19H,2-7,9-12,15-16H2,1H3. The third-order valence-corrected chi connectivity index (χ3v) is 6.02. The monoisotopic (exact) mass is 284 g/mol. The van der Waals surface area contributed by atoms with Crippen LogP contribution in [0.4, 0.5) is 0 Å². The first-order chi connectivity index (χ1) is 10.3. The van der Waals surface area contributed by atoms with E-state index in [0.29, 0.717) is 0 Å². The zero-order valence-corrected chi connectivity index (χ0v) is 13.9. The molecular formula is C21H32. The first kappa shape index (κ1) is 15.1. The molecule has 0 N–H and O–H groups in total. The van der Waals surface area contributed by atoms with Gasteiger partial charge in [0.05, 0.1) is 0 Å². The van der Waals surface area contributed by atoms with Crippen molar-refractivity contribution in [2.75, 3.05) is 0 Å². The lowest BCUT2D eigenvalue weighted by atomic mass is 9.81. The smallest absolute Gasteiger partial charge is 0.0248 e. The average molecular weight is 284 g/mol. The van der Waals surface area contributed by atoms with Gasteiger partial charge in [0.1, 0.15) is 0 Å². The lowest BCUT2D eigenvalue weighted by molar-refractivity contribution is 0.353. The van der Waals surface area contributed by atoms with Crippen molar-refractivity contribution in [3.8, 4) is 0 Å². The number of rotatable bonds is 4. The van der Waals surface area contributed by atoms with Gasteiger partial charge in [-0.3, -0.25) is 0 Å². The van der Waals surface area contributed by atoms with Crippen molar-refractivity contribution < 1.29 is 0 Å². The van der Waals surface area contributed by atoms with Crippen LogP contribution in [-0.4, -0.2) is 0 Å². The van der Waals surface area contributed by atoms with E-state index in [4.69, 9.17) is 0 Å². The molecule has 0 atom stereocenters. The molecular weight excluding hydrogens is 252 g/mol. The van der Waals surface area contributed by atoms with E-state index in [9.17, 15) is 0 Å². The summed E-state index contributed by atoms with van der Waals surface area (Å²) in [6.45, 7) is 2.39. The van der Waals surface area contributed by atoms with Gasteiger partial charge in [-0.05, 0) is 48.3 Å². The SMILES string of the molecule is Cc1c(CC2CCCCC2)cccc1CC1CCCCC1. The highest BCUT2D eigenvalue weighted by Gasteiger charge is 2.18. The Hall–Kier alpha value is -0.780. The molecule has 116 valence electrons. The third-order valence-electron chi connectivity index (χ3n) is 6.02. The molecule has 0 spiro atoms. The molecule has 21 heavy (non-hydrogen) atoms. The Bertz CT molecular complexity index is 395. The van der Waals surface area contributed by atoms with E-state index < -0.39 is 0 Å². The Morgan fingerprint density at radius 3 is 1.57 bits per heavy atom. The minimum Gasteiger partial charge on any atom is -0.0617 e. The second-order valence-electron chi connectivity index (χ2n) is 7.62. The van der Waals surface area contributed by atoms with Crippen molar-refractivity contribution in [2.45, 2.75) is 84.0 Å². The van der Waals surface area contributed by atoms with Gasteiger partial charge in [0, 0.05) is 0 Å². The van der Waals surface area contributed by atoms with Gasteiger partial charge in [0.15, 0.2) is 0 Å². The topological polar surface area (TPSA) is 0 Å². The van der Waals surface area contributed by atoms with Crippen molar-refractivity contribution >= 4 is 0 Å². The van der Waals surface area contributed by atoms with Gasteiger partial charge in [-0.15, -0.1) is 0 Å². The fraction of sp³-hybridized carbons (Fsp3) is 0.714. The maximum atomic E-state index is 2.40. The molecule has 0 aromatic heterocycles. The second kappa shape index (κ2) is 7.47. The molecule has 2 saturated carbocycles. The Balaban J connectivity index is 1.65. The van der Waals surface area contributed by atoms with Crippen molar-refractivity contribution in [1.82, 2.24) is 0 Å². The Kier molecular flexibility index (Phi) is 5.38. The normalized spacial score (nSPS) is 21.6. The van der Waals surface area contributed by atoms with Crippen molar-refractivity contribution in [1.29, 1.82) is 0 Å². The lowest BCUT2D eigenvalue weighted by Gasteiger charge is -2.25. The summed E-state index contributed by atoms with van der Waals surface area (Å²) in [5.74, 6) is 1.92. The number of hydrogen-bond acceptors (Lipinski definition) is 0. The summed E-state index contributed by atoms with van der Waals surface area (Å²) in [5.41, 5.74) is 4.92. The zero-order chi connectivity index (χ0) is 14.5. The summed E-state index contributed by atoms with van der Waals surface area (Å²) in [5, 5.41) is 0. The Morgan fingerprint density at radius 2 is 1.14 bits per heavy atom. The van der Waals surface area contributed by atoms with Gasteiger partial charge < -0.3 is 0 Å². The van der Waals surface area contributed by atoms with Crippen LogP contribution in [0.15, 0.2) is 18.2 Å². The lowest BCUT2D eigenvalue weighted by Crippen LogP contribution is -2.13. The number of hydrogen-bond donors (Lipinski definition) is 0. The van der Waals surface area contributed by atoms with Crippen LogP contribution in [0.3, 0.4) is 0 Å². The van der Waals surface area contributed by atoms with E-state index >= 15 is 0 Å². The molecule has 0 heteroatoms. The first-order valence-corrected chi connectivity index (χ1v) is 9.40. The number of benzene rings is 1. The molecule has 1 aromatic carbocycles. The summed E-state index contributed by atoms with van der Waals surface area (Å²) < 4.78 is 0. The second-order valence-corrected chi connectivity index (χ2v) is 7.62. The van der Waals surface area contributed by atoms with E-state index in [2.05, 4.69) is 25.1 Å². The fourth-order valence-electron chi connectivity index (χ4n) is 4.58. The van der Waals surface area contributed by atoms with Crippen LogP contribution >= 0.6 is 0 Å². The summed E-state index contributed by atoms with van der Waals surface area (Å²) in [6.07, 6.45) is 17.3. The molecule has 0 heterocycles. The van der Waals surface area contributed by atoms with Gasteiger partial charge in [0.2, 0.25) is 0 Å². The third kappa shape index (κ3) is 4.11. The molecule has 0 unspecified atom stereocenters. The summed E-state index contributed by atoms with van der Waals surface area (Å²) >= 11 is 0. The van der Waals surface area contributed by atoms with Gasteiger partial charge in [-0.2, -0.15) is 0 Å². The summed E-state index contributed by atoms with van der Waals surface area (Å²) in [6, 6.07) is 7.12. The van der Waals surface area contributed by atoms with Crippen LogP contribution in [0.1, 0.15) is 80.9 Å². The Labute approximate surface area is 131 Å². The largest absolute Gasteiger partial charge is 0.0617 e.